The minimum atomic E-state index is -0.199. The highest BCUT2D eigenvalue weighted by Crippen LogP contribution is 2.29. The molecule has 0 amide bonds. The van der Waals surface area contributed by atoms with Crippen LogP contribution in [-0.2, 0) is 0 Å². The van der Waals surface area contributed by atoms with E-state index >= 15 is 0 Å². The Labute approximate surface area is 121 Å². The molecule has 0 saturated heterocycles. The standard InChI is InChI=1S/C18H22FN/c1-5-15-7-6-13(2)14(3)18(12-15)20(4)17-10-8-16(19)9-11-17/h6,8-12H,5,7H2,1-4H3. The van der Waals surface area contributed by atoms with Crippen molar-refractivity contribution in [2.45, 2.75) is 33.6 Å². The molecule has 1 nitrogen and oxygen atoms in total. The van der Waals surface area contributed by atoms with Gasteiger partial charge in [-0.1, -0.05) is 18.6 Å². The van der Waals surface area contributed by atoms with Crippen LogP contribution in [0.25, 0.3) is 0 Å². The van der Waals surface area contributed by atoms with Gasteiger partial charge in [-0.05, 0) is 68.2 Å². The number of rotatable bonds is 3. The smallest absolute Gasteiger partial charge is 0.123 e. The fourth-order valence-electron chi connectivity index (χ4n) is 2.40. The maximum Gasteiger partial charge on any atom is 0.123 e. The van der Waals surface area contributed by atoms with Crippen molar-refractivity contribution in [3.63, 3.8) is 0 Å². The van der Waals surface area contributed by atoms with Gasteiger partial charge in [-0.2, -0.15) is 0 Å². The number of benzene rings is 1. The Balaban J connectivity index is 2.44. The van der Waals surface area contributed by atoms with Gasteiger partial charge in [0.25, 0.3) is 0 Å². The summed E-state index contributed by atoms with van der Waals surface area (Å²) in [4.78, 5) is 2.13. The number of hydrogen-bond donors (Lipinski definition) is 0. The van der Waals surface area contributed by atoms with Gasteiger partial charge in [0.2, 0.25) is 0 Å². The zero-order valence-electron chi connectivity index (χ0n) is 12.7. The molecule has 1 aromatic carbocycles. The lowest BCUT2D eigenvalue weighted by atomic mass is 10.1. The van der Waals surface area contributed by atoms with Crippen molar-refractivity contribution in [3.05, 3.63) is 64.7 Å². The number of halogens is 1. The van der Waals surface area contributed by atoms with E-state index in [4.69, 9.17) is 0 Å². The molecule has 20 heavy (non-hydrogen) atoms. The van der Waals surface area contributed by atoms with Crippen molar-refractivity contribution in [2.75, 3.05) is 11.9 Å². The third-order valence-corrected chi connectivity index (χ3v) is 4.02. The summed E-state index contributed by atoms with van der Waals surface area (Å²) in [7, 11) is 2.04. The molecule has 0 radical (unpaired) electrons. The molecule has 0 bridgehead atoms. The van der Waals surface area contributed by atoms with Crippen molar-refractivity contribution < 1.29 is 4.39 Å². The SMILES string of the molecule is CCC1=CC(N(C)c2ccc(F)cc2)=C(C)C(C)=CC1. The highest BCUT2D eigenvalue weighted by molar-refractivity contribution is 5.58. The summed E-state index contributed by atoms with van der Waals surface area (Å²) < 4.78 is 13.1. The van der Waals surface area contributed by atoms with E-state index in [2.05, 4.69) is 37.8 Å². The molecule has 0 heterocycles. The Morgan fingerprint density at radius 1 is 1.15 bits per heavy atom. The summed E-state index contributed by atoms with van der Waals surface area (Å²) in [5, 5.41) is 0. The molecule has 2 heteroatoms. The van der Waals surface area contributed by atoms with Crippen LogP contribution in [0.2, 0.25) is 0 Å². The number of allylic oxidation sites excluding steroid dienone is 5. The first-order valence-electron chi connectivity index (χ1n) is 7.09. The molecule has 0 N–H and O–H groups in total. The monoisotopic (exact) mass is 271 g/mol. The van der Waals surface area contributed by atoms with E-state index in [9.17, 15) is 4.39 Å². The van der Waals surface area contributed by atoms with Crippen LogP contribution in [0.1, 0.15) is 33.6 Å². The Morgan fingerprint density at radius 2 is 1.80 bits per heavy atom. The van der Waals surface area contributed by atoms with E-state index in [0.29, 0.717) is 0 Å². The van der Waals surface area contributed by atoms with Crippen LogP contribution in [0, 0.1) is 5.82 Å². The molecule has 1 aromatic rings. The summed E-state index contributed by atoms with van der Waals surface area (Å²) in [5.74, 6) is -0.199. The molecular weight excluding hydrogens is 249 g/mol. The Kier molecular flexibility index (Phi) is 4.43. The molecule has 0 unspecified atom stereocenters. The maximum atomic E-state index is 13.1. The quantitative estimate of drug-likeness (QED) is 0.728. The van der Waals surface area contributed by atoms with Crippen LogP contribution in [0.15, 0.2) is 58.8 Å². The fraction of sp³-hybridized carbons (Fsp3) is 0.333. The second kappa shape index (κ2) is 6.08. The fourth-order valence-corrected chi connectivity index (χ4v) is 2.40. The van der Waals surface area contributed by atoms with Crippen LogP contribution in [0.3, 0.4) is 0 Å². The molecule has 0 aromatic heterocycles. The third kappa shape index (κ3) is 3.01. The average Bonchev–Trinajstić information content (AvgIpc) is 2.60. The van der Waals surface area contributed by atoms with Crippen molar-refractivity contribution in [1.82, 2.24) is 0 Å². The minimum Gasteiger partial charge on any atom is -0.344 e. The summed E-state index contributed by atoms with van der Waals surface area (Å²) in [6, 6.07) is 6.65. The van der Waals surface area contributed by atoms with E-state index in [1.54, 1.807) is 0 Å². The Bertz CT molecular complexity index is 576. The highest BCUT2D eigenvalue weighted by Gasteiger charge is 2.13. The summed E-state index contributed by atoms with van der Waals surface area (Å²) in [6.07, 6.45) is 6.63. The van der Waals surface area contributed by atoms with Crippen molar-refractivity contribution in [1.29, 1.82) is 0 Å². The van der Waals surface area contributed by atoms with Gasteiger partial charge in [-0.25, -0.2) is 4.39 Å². The van der Waals surface area contributed by atoms with Gasteiger partial charge in [0.1, 0.15) is 5.82 Å². The van der Waals surface area contributed by atoms with Gasteiger partial charge in [0.15, 0.2) is 0 Å². The van der Waals surface area contributed by atoms with Gasteiger partial charge < -0.3 is 4.90 Å². The molecule has 1 aliphatic rings. The highest BCUT2D eigenvalue weighted by atomic mass is 19.1. The van der Waals surface area contributed by atoms with E-state index in [1.165, 1.54) is 34.5 Å². The zero-order valence-corrected chi connectivity index (χ0v) is 12.7. The number of anilines is 1. The third-order valence-electron chi connectivity index (χ3n) is 4.02. The van der Waals surface area contributed by atoms with Crippen LogP contribution < -0.4 is 4.90 Å². The summed E-state index contributed by atoms with van der Waals surface area (Å²) in [5.41, 5.74) is 6.21. The number of hydrogen-bond acceptors (Lipinski definition) is 1. The second-order valence-corrected chi connectivity index (χ2v) is 5.29. The van der Waals surface area contributed by atoms with Gasteiger partial charge in [0.05, 0.1) is 0 Å². The lowest BCUT2D eigenvalue weighted by molar-refractivity contribution is 0.628. The summed E-state index contributed by atoms with van der Waals surface area (Å²) >= 11 is 0. The van der Waals surface area contributed by atoms with E-state index in [-0.39, 0.29) is 5.82 Å². The zero-order chi connectivity index (χ0) is 14.7. The van der Waals surface area contributed by atoms with Crippen LogP contribution in [-0.4, -0.2) is 7.05 Å². The van der Waals surface area contributed by atoms with Crippen LogP contribution in [0.5, 0.6) is 0 Å². The molecule has 1 aliphatic carbocycles. The van der Waals surface area contributed by atoms with E-state index in [0.717, 1.165) is 18.5 Å². The van der Waals surface area contributed by atoms with E-state index in [1.807, 2.05) is 19.2 Å². The number of nitrogens with zero attached hydrogens (tertiary/aromatic N) is 1. The minimum absolute atomic E-state index is 0.199. The van der Waals surface area contributed by atoms with Crippen molar-refractivity contribution in [3.8, 4) is 0 Å². The van der Waals surface area contributed by atoms with Crippen molar-refractivity contribution >= 4 is 5.69 Å². The molecule has 0 saturated carbocycles. The molecule has 0 fully saturated rings. The largest absolute Gasteiger partial charge is 0.344 e. The molecule has 0 aliphatic heterocycles. The lowest BCUT2D eigenvalue weighted by Crippen LogP contribution is -2.17. The van der Waals surface area contributed by atoms with Crippen LogP contribution in [0.4, 0.5) is 10.1 Å². The normalized spacial score (nSPS) is 15.7. The first-order chi connectivity index (χ1) is 9.52. The first kappa shape index (κ1) is 14.6. The molecule has 0 atom stereocenters. The Morgan fingerprint density at radius 3 is 2.40 bits per heavy atom. The Hall–Kier alpha value is -1.83. The molecule has 106 valence electrons. The van der Waals surface area contributed by atoms with E-state index < -0.39 is 0 Å². The molecule has 0 spiro atoms. The van der Waals surface area contributed by atoms with Gasteiger partial charge >= 0.3 is 0 Å². The molecule has 2 rings (SSSR count). The predicted molar refractivity (Wildman–Crippen MR) is 84.3 cm³/mol. The van der Waals surface area contributed by atoms with Gasteiger partial charge in [-0.3, -0.25) is 0 Å². The van der Waals surface area contributed by atoms with Gasteiger partial charge in [0, 0.05) is 18.4 Å². The predicted octanol–water partition coefficient (Wildman–Crippen LogP) is 5.22. The number of likely N-dealkylation sites (N-methyl/N-ethyl adjacent to an activating group) is 1. The van der Waals surface area contributed by atoms with Gasteiger partial charge in [-0.15, -0.1) is 0 Å². The average molecular weight is 271 g/mol. The topological polar surface area (TPSA) is 3.24 Å². The van der Waals surface area contributed by atoms with Crippen molar-refractivity contribution in [2.24, 2.45) is 0 Å². The maximum absolute atomic E-state index is 13.1. The molecular formula is C18H22FN. The lowest BCUT2D eigenvalue weighted by Gasteiger charge is -2.23. The first-order valence-corrected chi connectivity index (χ1v) is 7.09. The summed E-state index contributed by atoms with van der Waals surface area (Å²) in [6.45, 7) is 6.49. The van der Waals surface area contributed by atoms with Crippen LogP contribution >= 0.6 is 0 Å². The second-order valence-electron chi connectivity index (χ2n) is 5.29.